The van der Waals surface area contributed by atoms with E-state index in [-0.39, 0.29) is 41.5 Å². The van der Waals surface area contributed by atoms with Crippen LogP contribution in [-0.4, -0.2) is 84.3 Å². The van der Waals surface area contributed by atoms with Crippen LogP contribution in [0.3, 0.4) is 0 Å². The van der Waals surface area contributed by atoms with Gasteiger partial charge in [0.1, 0.15) is 11.5 Å². The third-order valence-corrected chi connectivity index (χ3v) is 8.23. The minimum Gasteiger partial charge on any atom is -0.374 e. The van der Waals surface area contributed by atoms with E-state index in [1.54, 1.807) is 4.90 Å². The molecule has 2 aliphatic heterocycles. The van der Waals surface area contributed by atoms with Crippen LogP contribution >= 0.6 is 0 Å². The molecule has 242 valence electrons. The first-order valence-corrected chi connectivity index (χ1v) is 14.5. The van der Waals surface area contributed by atoms with Crippen molar-refractivity contribution < 1.29 is 31.5 Å². The lowest BCUT2D eigenvalue weighted by Crippen LogP contribution is -2.50. The molecule has 2 aliphatic rings. The minimum atomic E-state index is -5.05. The highest BCUT2D eigenvalue weighted by molar-refractivity contribution is 6.07. The number of halogens is 5. The van der Waals surface area contributed by atoms with E-state index in [1.807, 2.05) is 37.6 Å². The average molecular weight is 636 g/mol. The van der Waals surface area contributed by atoms with Crippen molar-refractivity contribution in [2.45, 2.75) is 39.1 Å². The van der Waals surface area contributed by atoms with E-state index in [1.165, 1.54) is 12.3 Å². The number of ether oxygens (including phenoxy) is 1. The Morgan fingerprint density at radius 1 is 1.13 bits per heavy atom. The fraction of sp³-hybridized carbons (Fsp3) is 0.467. The first-order chi connectivity index (χ1) is 21.2. The number of alkyl halides is 3. The molecule has 1 amide bonds. The first-order valence-electron chi connectivity index (χ1n) is 14.5. The molecule has 0 aliphatic carbocycles. The first kappa shape index (κ1) is 32.3. The van der Waals surface area contributed by atoms with Gasteiger partial charge >= 0.3 is 6.18 Å². The molecule has 2 atom stereocenters. The number of likely N-dealkylation sites (N-methyl/N-ethyl adjacent to an activating group) is 1. The molecule has 1 unspecified atom stereocenters. The van der Waals surface area contributed by atoms with Gasteiger partial charge in [-0.1, -0.05) is 13.8 Å². The number of H-pyrrole nitrogens is 1. The van der Waals surface area contributed by atoms with Gasteiger partial charge in [0.25, 0.3) is 5.91 Å². The quantitative estimate of drug-likeness (QED) is 0.385. The number of carbonyl (C=O) groups excluding carboxylic acids is 1. The summed E-state index contributed by atoms with van der Waals surface area (Å²) in [7, 11) is 1.90. The Kier molecular flexibility index (Phi) is 9.12. The number of benzene rings is 1. The molecular weight excluding hydrogens is 601 g/mol. The maximum Gasteiger partial charge on any atom is 0.417 e. The van der Waals surface area contributed by atoms with E-state index in [9.17, 15) is 22.8 Å². The molecule has 3 aromatic rings. The molecule has 2 fully saturated rings. The van der Waals surface area contributed by atoms with Gasteiger partial charge in [-0.3, -0.25) is 9.59 Å². The number of anilines is 3. The normalized spacial score (nSPS) is 19.7. The van der Waals surface area contributed by atoms with Gasteiger partial charge in [0, 0.05) is 63.3 Å². The van der Waals surface area contributed by atoms with Crippen molar-refractivity contribution in [3.63, 3.8) is 0 Å². The van der Waals surface area contributed by atoms with Crippen LogP contribution in [0.2, 0.25) is 0 Å². The molecule has 10 nitrogen and oxygen atoms in total. The molecule has 2 aromatic heterocycles. The largest absolute Gasteiger partial charge is 0.417 e. The summed E-state index contributed by atoms with van der Waals surface area (Å²) < 4.78 is 79.5. The number of carbonyl (C=O) groups is 1. The van der Waals surface area contributed by atoms with Crippen LogP contribution in [0, 0.1) is 17.6 Å². The topological polar surface area (TPSA) is 107 Å². The number of piperazine rings is 1. The minimum absolute atomic E-state index is 0.0308. The molecule has 5 rings (SSSR count). The highest BCUT2D eigenvalue weighted by atomic mass is 19.4. The zero-order valence-electron chi connectivity index (χ0n) is 25.2. The number of nitrogens with zero attached hydrogens (tertiary/aromatic N) is 5. The Morgan fingerprint density at radius 3 is 2.58 bits per heavy atom. The summed E-state index contributed by atoms with van der Waals surface area (Å²) in [5.74, 6) is -3.09. The zero-order valence-corrected chi connectivity index (χ0v) is 25.2. The predicted octanol–water partition coefficient (Wildman–Crippen LogP) is 4.38. The third kappa shape index (κ3) is 6.78. The number of rotatable bonds is 6. The molecule has 1 aromatic carbocycles. The molecule has 4 heterocycles. The SMILES string of the molecule is CC(C)C1CN(c2nccc(-c3c(F)cc(N4CCN(C)[C@@H](C)C4)c(NC(=O)c4c[nH]c(=O)cc4C(F)(F)F)c3F)n2)CCO1. The Morgan fingerprint density at radius 2 is 1.89 bits per heavy atom. The number of aromatic amines is 1. The van der Waals surface area contributed by atoms with Crippen LogP contribution in [0.25, 0.3) is 11.3 Å². The number of aromatic nitrogens is 3. The molecule has 2 N–H and O–H groups in total. The van der Waals surface area contributed by atoms with E-state index in [0.717, 1.165) is 6.07 Å². The Labute approximate surface area is 256 Å². The maximum atomic E-state index is 16.6. The number of pyridine rings is 1. The van der Waals surface area contributed by atoms with Gasteiger partial charge in [-0.05, 0) is 26.0 Å². The van der Waals surface area contributed by atoms with Crippen LogP contribution < -0.4 is 20.7 Å². The summed E-state index contributed by atoms with van der Waals surface area (Å²) in [6.07, 6.45) is -3.17. The Bertz CT molecular complexity index is 1630. The number of amides is 1. The number of morpholine rings is 1. The third-order valence-electron chi connectivity index (χ3n) is 8.23. The van der Waals surface area contributed by atoms with Gasteiger partial charge in [-0.15, -0.1) is 0 Å². The summed E-state index contributed by atoms with van der Waals surface area (Å²) in [5.41, 5.74) is -4.74. The second kappa shape index (κ2) is 12.7. The monoisotopic (exact) mass is 635 g/mol. The van der Waals surface area contributed by atoms with Crippen molar-refractivity contribution >= 4 is 23.2 Å². The van der Waals surface area contributed by atoms with E-state index in [4.69, 9.17) is 4.74 Å². The number of hydrogen-bond acceptors (Lipinski definition) is 8. The Balaban J connectivity index is 1.59. The fourth-order valence-electron chi connectivity index (χ4n) is 5.45. The maximum absolute atomic E-state index is 16.6. The van der Waals surface area contributed by atoms with Crippen molar-refractivity contribution in [1.82, 2.24) is 19.9 Å². The van der Waals surface area contributed by atoms with Gasteiger partial charge in [0.2, 0.25) is 11.5 Å². The van der Waals surface area contributed by atoms with Gasteiger partial charge in [0.05, 0.1) is 40.8 Å². The van der Waals surface area contributed by atoms with Gasteiger partial charge < -0.3 is 29.7 Å². The molecule has 0 saturated carbocycles. The fourth-order valence-corrected chi connectivity index (χ4v) is 5.45. The summed E-state index contributed by atoms with van der Waals surface area (Å²) >= 11 is 0. The second-order valence-electron chi connectivity index (χ2n) is 11.6. The number of hydrogen-bond donors (Lipinski definition) is 2. The van der Waals surface area contributed by atoms with Crippen LogP contribution in [0.5, 0.6) is 0 Å². The van der Waals surface area contributed by atoms with E-state index in [0.29, 0.717) is 45.5 Å². The van der Waals surface area contributed by atoms with Gasteiger partial charge in [0.15, 0.2) is 5.82 Å². The van der Waals surface area contributed by atoms with Crippen molar-refractivity contribution in [3.05, 3.63) is 63.7 Å². The summed E-state index contributed by atoms with van der Waals surface area (Å²) in [5, 5.41) is 2.26. The van der Waals surface area contributed by atoms with Crippen LogP contribution in [0.15, 0.2) is 35.4 Å². The smallest absolute Gasteiger partial charge is 0.374 e. The summed E-state index contributed by atoms with van der Waals surface area (Å²) in [6.45, 7) is 8.48. The standard InChI is InChI=1S/C30H34F5N7O3/c1-16(2)23-15-42(9-10-45-23)29-36-6-5-21(38-29)25-20(31)12-22(41-8-7-40(4)17(3)14-41)27(26(25)32)39-28(44)18-13-37-24(43)11-19(18)30(33,34)35/h5-6,11-13,16-17,23H,7-10,14-15H2,1-4H3,(H,37,43)(H,39,44)/t17-,23?/m0/s1. The Hall–Kier alpha value is -4.11. The van der Waals surface area contributed by atoms with Crippen LogP contribution in [0.1, 0.15) is 36.7 Å². The molecule has 45 heavy (non-hydrogen) atoms. The lowest BCUT2D eigenvalue weighted by molar-refractivity contribution is -0.138. The lowest BCUT2D eigenvalue weighted by Gasteiger charge is -2.39. The van der Waals surface area contributed by atoms with Crippen molar-refractivity contribution in [2.24, 2.45) is 5.92 Å². The van der Waals surface area contributed by atoms with Crippen molar-refractivity contribution in [3.8, 4) is 11.3 Å². The van der Waals surface area contributed by atoms with Gasteiger partial charge in [-0.2, -0.15) is 13.2 Å². The molecule has 0 radical (unpaired) electrons. The van der Waals surface area contributed by atoms with E-state index in [2.05, 4.69) is 20.3 Å². The van der Waals surface area contributed by atoms with Crippen molar-refractivity contribution in [2.75, 3.05) is 61.5 Å². The highest BCUT2D eigenvalue weighted by Crippen LogP contribution is 2.39. The predicted molar refractivity (Wildman–Crippen MR) is 158 cm³/mol. The molecule has 2 saturated heterocycles. The van der Waals surface area contributed by atoms with Gasteiger partial charge in [-0.25, -0.2) is 18.7 Å². The number of nitrogens with one attached hydrogen (secondary N) is 2. The molecule has 0 bridgehead atoms. The molecular formula is C30H34F5N7O3. The summed E-state index contributed by atoms with van der Waals surface area (Å²) in [6, 6.07) is 2.59. The van der Waals surface area contributed by atoms with Crippen LogP contribution in [-0.2, 0) is 10.9 Å². The van der Waals surface area contributed by atoms with Crippen molar-refractivity contribution in [1.29, 1.82) is 0 Å². The van der Waals surface area contributed by atoms with E-state index < -0.39 is 51.7 Å². The van der Waals surface area contributed by atoms with E-state index >= 15 is 8.78 Å². The average Bonchev–Trinajstić information content (AvgIpc) is 2.99. The summed E-state index contributed by atoms with van der Waals surface area (Å²) in [4.78, 5) is 41.3. The zero-order chi connectivity index (χ0) is 32.6. The molecule has 15 heteroatoms. The molecule has 0 spiro atoms. The highest BCUT2D eigenvalue weighted by Gasteiger charge is 2.37. The van der Waals surface area contributed by atoms with Crippen LogP contribution in [0.4, 0.5) is 39.3 Å². The second-order valence-corrected chi connectivity index (χ2v) is 11.6. The lowest BCUT2D eigenvalue weighted by atomic mass is 10.0.